The van der Waals surface area contributed by atoms with E-state index in [9.17, 15) is 10.3 Å². The fraction of sp³-hybridized carbons (Fsp3) is 0.600. The van der Waals surface area contributed by atoms with Crippen LogP contribution >= 0.6 is 0 Å². The van der Waals surface area contributed by atoms with Gasteiger partial charge >= 0.3 is 0 Å². The van der Waals surface area contributed by atoms with Crippen LogP contribution in [0.25, 0.3) is 16.1 Å². The van der Waals surface area contributed by atoms with Crippen molar-refractivity contribution >= 4 is 14.1 Å². The molecule has 6 rings (SSSR count). The van der Waals surface area contributed by atoms with Gasteiger partial charge in [-0.3, -0.25) is 4.79 Å². The summed E-state index contributed by atoms with van der Waals surface area (Å²) in [6.07, 6.45) is 8.93. The molecule has 3 aromatic rings. The standard InChI is InChI=1S/C40H55N5O2Si/c1-27-14-19-34-33(24-42-44-41)35(20-21-39(27,34)5)40(6)23-30-25-45(43-36(30)22-31(40)26-47-48(7,8)38(2,3)4)32-17-15-29(16-18-32)37(46)28-12-10-9-11-13-28/h9-13,15-18,25,27,31,33-35H,14,19-24,26H2,1-8H3/t27-,31+,33-,34-,35-,39+,40-/m0/s1. The molecule has 1 heterocycles. The topological polar surface area (TPSA) is 92.9 Å². The van der Waals surface area contributed by atoms with Crippen LogP contribution < -0.4 is 0 Å². The van der Waals surface area contributed by atoms with Gasteiger partial charge in [0.25, 0.3) is 0 Å². The molecular formula is C40H55N5O2Si. The number of hydrogen-bond donors (Lipinski definition) is 0. The van der Waals surface area contributed by atoms with Gasteiger partial charge in [-0.1, -0.05) is 77.0 Å². The zero-order valence-corrected chi connectivity index (χ0v) is 31.4. The van der Waals surface area contributed by atoms with Crippen LogP contribution in [-0.2, 0) is 17.3 Å². The molecule has 1 aromatic heterocycles. The van der Waals surface area contributed by atoms with E-state index in [4.69, 9.17) is 9.52 Å². The Labute approximate surface area is 288 Å². The predicted molar refractivity (Wildman–Crippen MR) is 196 cm³/mol. The number of azide groups is 1. The molecular weight excluding hydrogens is 611 g/mol. The average molecular weight is 666 g/mol. The summed E-state index contributed by atoms with van der Waals surface area (Å²) < 4.78 is 9.04. The van der Waals surface area contributed by atoms with E-state index in [1.807, 2.05) is 59.3 Å². The molecule has 7 nitrogen and oxygen atoms in total. The highest BCUT2D eigenvalue weighted by Crippen LogP contribution is 2.63. The van der Waals surface area contributed by atoms with E-state index >= 15 is 0 Å². The van der Waals surface area contributed by atoms with E-state index in [1.54, 1.807) is 0 Å². The lowest BCUT2D eigenvalue weighted by atomic mass is 9.49. The molecule has 0 amide bonds. The van der Waals surface area contributed by atoms with Crippen molar-refractivity contribution in [3.05, 3.63) is 93.6 Å². The summed E-state index contributed by atoms with van der Waals surface area (Å²) >= 11 is 0. The molecule has 0 saturated heterocycles. The maximum absolute atomic E-state index is 13.0. The first-order valence-electron chi connectivity index (χ1n) is 18.1. The Bertz CT molecular complexity index is 1670. The third-order valence-corrected chi connectivity index (χ3v) is 18.3. The van der Waals surface area contributed by atoms with Crippen LogP contribution in [0.5, 0.6) is 0 Å². The van der Waals surface area contributed by atoms with Crippen molar-refractivity contribution in [2.45, 2.75) is 98.2 Å². The third-order valence-electron chi connectivity index (χ3n) is 13.8. The minimum Gasteiger partial charge on any atom is -0.417 e. The molecule has 0 radical (unpaired) electrons. The number of carbonyl (C=O) groups excluding carboxylic acids is 1. The number of benzene rings is 2. The van der Waals surface area contributed by atoms with Crippen molar-refractivity contribution in [1.29, 1.82) is 0 Å². The number of fused-ring (bicyclic) bond motifs is 2. The van der Waals surface area contributed by atoms with Crippen LogP contribution in [0.4, 0.5) is 0 Å². The Morgan fingerprint density at radius 2 is 1.69 bits per heavy atom. The van der Waals surface area contributed by atoms with Crippen LogP contribution in [0, 0.1) is 40.4 Å². The molecule has 48 heavy (non-hydrogen) atoms. The van der Waals surface area contributed by atoms with E-state index in [-0.39, 0.29) is 16.2 Å². The van der Waals surface area contributed by atoms with Gasteiger partial charge in [0.1, 0.15) is 0 Å². The zero-order valence-electron chi connectivity index (χ0n) is 30.4. The van der Waals surface area contributed by atoms with Gasteiger partial charge < -0.3 is 4.43 Å². The molecule has 2 saturated carbocycles. The monoisotopic (exact) mass is 665 g/mol. The molecule has 2 aromatic carbocycles. The van der Waals surface area contributed by atoms with E-state index in [2.05, 4.69) is 70.9 Å². The van der Waals surface area contributed by atoms with Crippen molar-refractivity contribution in [1.82, 2.24) is 9.78 Å². The number of carbonyl (C=O) groups is 1. The molecule has 0 bridgehead atoms. The first-order chi connectivity index (χ1) is 22.7. The van der Waals surface area contributed by atoms with Gasteiger partial charge in [0.2, 0.25) is 0 Å². The van der Waals surface area contributed by atoms with E-state index in [0.717, 1.165) is 37.3 Å². The molecule has 8 heteroatoms. The Balaban J connectivity index is 1.33. The second kappa shape index (κ2) is 12.9. The van der Waals surface area contributed by atoms with Crippen molar-refractivity contribution < 1.29 is 9.22 Å². The number of hydrogen-bond acceptors (Lipinski definition) is 4. The predicted octanol–water partition coefficient (Wildman–Crippen LogP) is 10.2. The molecule has 0 spiro atoms. The summed E-state index contributed by atoms with van der Waals surface area (Å²) in [6.45, 7) is 20.4. The number of ketones is 1. The number of nitrogens with zero attached hydrogens (tertiary/aromatic N) is 5. The molecule has 0 unspecified atom stereocenters. The summed E-state index contributed by atoms with van der Waals surface area (Å²) in [6, 6.07) is 17.3. The van der Waals surface area contributed by atoms with Crippen molar-refractivity contribution in [2.75, 3.05) is 13.2 Å². The first-order valence-corrected chi connectivity index (χ1v) is 21.0. The largest absolute Gasteiger partial charge is 0.417 e. The lowest BCUT2D eigenvalue weighted by Crippen LogP contribution is -2.53. The van der Waals surface area contributed by atoms with Gasteiger partial charge in [-0.25, -0.2) is 4.68 Å². The van der Waals surface area contributed by atoms with Gasteiger partial charge in [-0.05, 0) is 132 Å². The first kappa shape index (κ1) is 34.7. The zero-order chi connectivity index (χ0) is 34.5. The summed E-state index contributed by atoms with van der Waals surface area (Å²) in [4.78, 5) is 16.3. The number of rotatable bonds is 9. The van der Waals surface area contributed by atoms with Crippen LogP contribution in [0.1, 0.15) is 94.4 Å². The van der Waals surface area contributed by atoms with Gasteiger partial charge in [0, 0.05) is 35.4 Å². The van der Waals surface area contributed by atoms with E-state index in [0.29, 0.717) is 52.7 Å². The fourth-order valence-electron chi connectivity index (χ4n) is 9.40. The summed E-state index contributed by atoms with van der Waals surface area (Å²) in [5.74, 6) is 2.44. The molecule has 2 fully saturated rings. The smallest absolute Gasteiger partial charge is 0.193 e. The fourth-order valence-corrected chi connectivity index (χ4v) is 10.5. The van der Waals surface area contributed by atoms with Gasteiger partial charge in [-0.15, -0.1) is 0 Å². The maximum Gasteiger partial charge on any atom is 0.193 e. The van der Waals surface area contributed by atoms with Crippen LogP contribution in [0.3, 0.4) is 0 Å². The highest BCUT2D eigenvalue weighted by molar-refractivity contribution is 6.74. The minimum atomic E-state index is -1.98. The quantitative estimate of drug-likeness (QED) is 0.0748. The van der Waals surface area contributed by atoms with Gasteiger partial charge in [0.15, 0.2) is 14.1 Å². The molecule has 7 atom stereocenters. The SMILES string of the molecule is C[C@H]1CC[C@H]2[C@H](CN=[N+]=[N-])[C@@H]([C@@]3(C)Cc4cn(-c5ccc(C(=O)c6ccccc6)cc5)nc4C[C@@H]3CO[Si](C)(C)C(C)(C)C)CC[C@]12C. The Morgan fingerprint density at radius 1 is 1.02 bits per heavy atom. The summed E-state index contributed by atoms with van der Waals surface area (Å²) in [7, 11) is -1.98. The number of aromatic nitrogens is 2. The maximum atomic E-state index is 13.0. The van der Waals surface area contributed by atoms with E-state index < -0.39 is 8.32 Å². The second-order valence-electron chi connectivity index (χ2n) is 17.3. The molecule has 0 aliphatic heterocycles. The molecule has 3 aliphatic carbocycles. The summed E-state index contributed by atoms with van der Waals surface area (Å²) in [5.41, 5.74) is 14.6. The highest BCUT2D eigenvalue weighted by atomic mass is 28.4. The van der Waals surface area contributed by atoms with Crippen LogP contribution in [0.2, 0.25) is 18.1 Å². The van der Waals surface area contributed by atoms with E-state index in [1.165, 1.54) is 24.8 Å². The van der Waals surface area contributed by atoms with Crippen LogP contribution in [0.15, 0.2) is 65.9 Å². The normalized spacial score (nSPS) is 30.3. The van der Waals surface area contributed by atoms with Crippen LogP contribution in [-0.4, -0.2) is 37.0 Å². The minimum absolute atomic E-state index is 0.0159. The Morgan fingerprint density at radius 3 is 2.35 bits per heavy atom. The van der Waals surface area contributed by atoms with Gasteiger partial charge in [-0.2, -0.15) is 5.10 Å². The van der Waals surface area contributed by atoms with Crippen molar-refractivity contribution in [3.8, 4) is 5.69 Å². The lowest BCUT2D eigenvalue weighted by molar-refractivity contribution is -0.0677. The lowest BCUT2D eigenvalue weighted by Gasteiger charge is -2.56. The van der Waals surface area contributed by atoms with Crippen molar-refractivity contribution in [2.24, 2.45) is 45.5 Å². The molecule has 256 valence electrons. The summed E-state index contributed by atoms with van der Waals surface area (Å²) in [5, 5.41) is 9.58. The third kappa shape index (κ3) is 6.21. The highest BCUT2D eigenvalue weighted by Gasteiger charge is 2.57. The van der Waals surface area contributed by atoms with Gasteiger partial charge in [0.05, 0.1) is 11.4 Å². The molecule has 0 N–H and O–H groups in total. The Hall–Kier alpha value is -3.19. The Kier molecular flexibility index (Phi) is 9.33. The molecule has 3 aliphatic rings. The second-order valence-corrected chi connectivity index (χ2v) is 22.1. The average Bonchev–Trinajstić information content (AvgIpc) is 3.61. The van der Waals surface area contributed by atoms with Crippen molar-refractivity contribution in [3.63, 3.8) is 0 Å².